The van der Waals surface area contributed by atoms with Crippen LogP contribution < -0.4 is 5.32 Å². The van der Waals surface area contributed by atoms with Gasteiger partial charge in [-0.25, -0.2) is 4.39 Å². The Morgan fingerprint density at radius 2 is 2.16 bits per heavy atom. The average molecular weight is 264 g/mol. The monoisotopic (exact) mass is 264 g/mol. The zero-order valence-electron chi connectivity index (χ0n) is 10.7. The van der Waals surface area contributed by atoms with Crippen LogP contribution in [-0.4, -0.2) is 36.3 Å². The highest BCUT2D eigenvalue weighted by Crippen LogP contribution is 2.09. The summed E-state index contributed by atoms with van der Waals surface area (Å²) in [7, 11) is 0. The first kappa shape index (κ1) is 13.5. The number of benzene rings is 1. The number of hydrogen-bond acceptors (Lipinski definition) is 2. The Morgan fingerprint density at radius 1 is 1.37 bits per heavy atom. The first-order valence-electron chi connectivity index (χ1n) is 6.49. The Bertz CT molecular complexity index is 476. The van der Waals surface area contributed by atoms with E-state index in [1.165, 1.54) is 12.1 Å². The van der Waals surface area contributed by atoms with E-state index in [2.05, 4.69) is 5.32 Å². The van der Waals surface area contributed by atoms with Crippen LogP contribution in [0.5, 0.6) is 0 Å². The fourth-order valence-electron chi connectivity index (χ4n) is 2.15. The van der Waals surface area contributed by atoms with Crippen molar-refractivity contribution in [1.29, 1.82) is 0 Å². The summed E-state index contributed by atoms with van der Waals surface area (Å²) in [5.41, 5.74) is 0.0553. The van der Waals surface area contributed by atoms with Crippen molar-refractivity contribution in [3.8, 4) is 0 Å². The van der Waals surface area contributed by atoms with E-state index in [1.54, 1.807) is 17.0 Å². The summed E-state index contributed by atoms with van der Waals surface area (Å²) >= 11 is 0. The van der Waals surface area contributed by atoms with Gasteiger partial charge in [0.15, 0.2) is 0 Å². The summed E-state index contributed by atoms with van der Waals surface area (Å²) in [6, 6.07) is 5.89. The molecule has 1 N–H and O–H groups in total. The largest absolute Gasteiger partial charge is 0.352 e. The van der Waals surface area contributed by atoms with Crippen molar-refractivity contribution in [1.82, 2.24) is 10.2 Å². The standard InChI is InChI=1S/C14H17FN2O2/c15-12-6-2-1-5-11(12)14(19)16-8-4-10-17-9-3-7-13(17)18/h1-2,5-6H,3-4,7-10H2,(H,16,19). The van der Waals surface area contributed by atoms with Gasteiger partial charge in [0, 0.05) is 26.1 Å². The highest BCUT2D eigenvalue weighted by atomic mass is 19.1. The van der Waals surface area contributed by atoms with Crippen LogP contribution in [0.2, 0.25) is 0 Å². The maximum Gasteiger partial charge on any atom is 0.254 e. The van der Waals surface area contributed by atoms with Crippen molar-refractivity contribution in [2.75, 3.05) is 19.6 Å². The Hall–Kier alpha value is -1.91. The molecule has 0 unspecified atom stereocenters. The van der Waals surface area contributed by atoms with Crippen molar-refractivity contribution in [3.63, 3.8) is 0 Å². The molecule has 1 saturated heterocycles. The van der Waals surface area contributed by atoms with Crippen LogP contribution in [0.3, 0.4) is 0 Å². The number of hydrogen-bond donors (Lipinski definition) is 1. The van der Waals surface area contributed by atoms with Gasteiger partial charge in [-0.1, -0.05) is 12.1 Å². The van der Waals surface area contributed by atoms with Gasteiger partial charge in [-0.2, -0.15) is 0 Å². The average Bonchev–Trinajstić information content (AvgIpc) is 2.80. The molecule has 1 aromatic rings. The highest BCUT2D eigenvalue weighted by molar-refractivity contribution is 5.94. The third kappa shape index (κ3) is 3.53. The van der Waals surface area contributed by atoms with Crippen LogP contribution in [0.4, 0.5) is 4.39 Å². The van der Waals surface area contributed by atoms with E-state index < -0.39 is 11.7 Å². The molecular weight excluding hydrogens is 247 g/mol. The fraction of sp³-hybridized carbons (Fsp3) is 0.429. The number of likely N-dealkylation sites (tertiary alicyclic amines) is 1. The Labute approximate surface area is 111 Å². The smallest absolute Gasteiger partial charge is 0.254 e. The van der Waals surface area contributed by atoms with Crippen LogP contribution >= 0.6 is 0 Å². The molecular formula is C14H17FN2O2. The molecule has 5 heteroatoms. The summed E-state index contributed by atoms with van der Waals surface area (Å²) in [5.74, 6) is -0.749. The molecule has 1 fully saturated rings. The molecule has 1 aliphatic rings. The molecule has 0 aliphatic carbocycles. The maximum atomic E-state index is 13.3. The van der Waals surface area contributed by atoms with Crippen molar-refractivity contribution in [3.05, 3.63) is 35.6 Å². The number of nitrogens with one attached hydrogen (secondary N) is 1. The van der Waals surface area contributed by atoms with Gasteiger partial charge in [0.05, 0.1) is 5.56 Å². The summed E-state index contributed by atoms with van der Waals surface area (Å²) in [5, 5.41) is 2.66. The molecule has 0 radical (unpaired) electrons. The normalized spacial score (nSPS) is 14.8. The quantitative estimate of drug-likeness (QED) is 0.821. The lowest BCUT2D eigenvalue weighted by molar-refractivity contribution is -0.127. The summed E-state index contributed by atoms with van der Waals surface area (Å²) in [4.78, 5) is 24.9. The molecule has 0 atom stereocenters. The first-order valence-corrected chi connectivity index (χ1v) is 6.49. The number of rotatable bonds is 5. The molecule has 19 heavy (non-hydrogen) atoms. The minimum atomic E-state index is -0.519. The van der Waals surface area contributed by atoms with E-state index in [9.17, 15) is 14.0 Å². The van der Waals surface area contributed by atoms with E-state index in [1.807, 2.05) is 0 Å². The predicted molar refractivity (Wildman–Crippen MR) is 69.2 cm³/mol. The van der Waals surface area contributed by atoms with Crippen LogP contribution in [0, 0.1) is 5.82 Å². The van der Waals surface area contributed by atoms with Crippen molar-refractivity contribution in [2.45, 2.75) is 19.3 Å². The molecule has 2 rings (SSSR count). The first-order chi connectivity index (χ1) is 9.18. The summed E-state index contributed by atoms with van der Waals surface area (Å²) in [6.45, 7) is 1.90. The van der Waals surface area contributed by atoms with Gasteiger partial charge in [0.1, 0.15) is 5.82 Å². The van der Waals surface area contributed by atoms with Crippen LogP contribution in [0.25, 0.3) is 0 Å². The summed E-state index contributed by atoms with van der Waals surface area (Å²) < 4.78 is 13.3. The third-order valence-corrected chi connectivity index (χ3v) is 3.18. The number of amides is 2. The van der Waals surface area contributed by atoms with Gasteiger partial charge in [-0.3, -0.25) is 9.59 Å². The second-order valence-electron chi connectivity index (χ2n) is 4.57. The Balaban J connectivity index is 1.72. The molecule has 4 nitrogen and oxygen atoms in total. The number of carbonyl (C=O) groups excluding carboxylic acids is 2. The van der Waals surface area contributed by atoms with E-state index in [0.717, 1.165) is 13.0 Å². The topological polar surface area (TPSA) is 49.4 Å². The zero-order valence-corrected chi connectivity index (χ0v) is 10.7. The minimum Gasteiger partial charge on any atom is -0.352 e. The lowest BCUT2D eigenvalue weighted by Crippen LogP contribution is -2.30. The van der Waals surface area contributed by atoms with Crippen molar-refractivity contribution < 1.29 is 14.0 Å². The van der Waals surface area contributed by atoms with Crippen LogP contribution in [-0.2, 0) is 4.79 Å². The van der Waals surface area contributed by atoms with Crippen LogP contribution in [0.15, 0.2) is 24.3 Å². The number of carbonyl (C=O) groups is 2. The van der Waals surface area contributed by atoms with Gasteiger partial charge < -0.3 is 10.2 Å². The van der Waals surface area contributed by atoms with Crippen molar-refractivity contribution in [2.24, 2.45) is 0 Å². The second kappa shape index (κ2) is 6.31. The summed E-state index contributed by atoms with van der Waals surface area (Å²) in [6.07, 6.45) is 2.23. The highest BCUT2D eigenvalue weighted by Gasteiger charge is 2.19. The lowest BCUT2D eigenvalue weighted by atomic mass is 10.2. The molecule has 1 aliphatic heterocycles. The van der Waals surface area contributed by atoms with Gasteiger partial charge in [-0.05, 0) is 25.0 Å². The Kier molecular flexibility index (Phi) is 4.49. The molecule has 1 aromatic carbocycles. The minimum absolute atomic E-state index is 0.0553. The lowest BCUT2D eigenvalue weighted by Gasteiger charge is -2.15. The van der Waals surface area contributed by atoms with E-state index in [4.69, 9.17) is 0 Å². The molecule has 0 aromatic heterocycles. The molecule has 0 spiro atoms. The molecule has 0 bridgehead atoms. The van der Waals surface area contributed by atoms with Gasteiger partial charge in [0.25, 0.3) is 5.91 Å². The van der Waals surface area contributed by atoms with E-state index in [-0.39, 0.29) is 11.5 Å². The van der Waals surface area contributed by atoms with Gasteiger partial charge in [0.2, 0.25) is 5.91 Å². The number of halogens is 1. The SMILES string of the molecule is O=C(NCCCN1CCCC1=O)c1ccccc1F. The molecule has 0 saturated carbocycles. The zero-order chi connectivity index (χ0) is 13.7. The van der Waals surface area contributed by atoms with Gasteiger partial charge in [-0.15, -0.1) is 0 Å². The van der Waals surface area contributed by atoms with Crippen LogP contribution in [0.1, 0.15) is 29.6 Å². The second-order valence-corrected chi connectivity index (χ2v) is 4.57. The molecule has 102 valence electrons. The fourth-order valence-corrected chi connectivity index (χ4v) is 2.15. The van der Waals surface area contributed by atoms with E-state index in [0.29, 0.717) is 25.9 Å². The molecule has 2 amide bonds. The third-order valence-electron chi connectivity index (χ3n) is 3.18. The van der Waals surface area contributed by atoms with Crippen molar-refractivity contribution >= 4 is 11.8 Å². The Morgan fingerprint density at radius 3 is 2.84 bits per heavy atom. The van der Waals surface area contributed by atoms with E-state index >= 15 is 0 Å². The maximum absolute atomic E-state index is 13.3. The molecule has 1 heterocycles. The van der Waals surface area contributed by atoms with Gasteiger partial charge >= 0.3 is 0 Å². The number of nitrogens with zero attached hydrogens (tertiary/aromatic N) is 1. The predicted octanol–water partition coefficient (Wildman–Crippen LogP) is 1.57.